The highest BCUT2D eigenvalue weighted by Gasteiger charge is 2.35. The lowest BCUT2D eigenvalue weighted by Gasteiger charge is -2.32. The van der Waals surface area contributed by atoms with Crippen LogP contribution in [0, 0.1) is 5.41 Å². The fraction of sp³-hybridized carbons (Fsp3) is 0.556. The third-order valence-corrected chi connectivity index (χ3v) is 5.28. The van der Waals surface area contributed by atoms with Gasteiger partial charge in [0, 0.05) is 5.41 Å². The monoisotopic (exact) mass is 387 g/mol. The average molecular weight is 388 g/mol. The van der Waals surface area contributed by atoms with Crippen molar-refractivity contribution in [3.05, 3.63) is 22.2 Å². The van der Waals surface area contributed by atoms with E-state index in [4.69, 9.17) is 32.7 Å². The summed E-state index contributed by atoms with van der Waals surface area (Å²) in [6.45, 7) is 4.11. The summed E-state index contributed by atoms with van der Waals surface area (Å²) < 4.78 is 9.88. The van der Waals surface area contributed by atoms with Crippen molar-refractivity contribution in [2.45, 2.75) is 52.4 Å². The van der Waals surface area contributed by atoms with Crippen molar-refractivity contribution in [3.63, 3.8) is 0 Å². The van der Waals surface area contributed by atoms with Gasteiger partial charge in [-0.1, -0.05) is 56.3 Å². The Hall–Kier alpha value is -1.46. The largest absolute Gasteiger partial charge is 0.513 e. The molecule has 0 saturated heterocycles. The first-order chi connectivity index (χ1) is 11.9. The summed E-state index contributed by atoms with van der Waals surface area (Å²) >= 11 is 12.4. The van der Waals surface area contributed by atoms with Crippen molar-refractivity contribution in [2.75, 3.05) is 11.9 Å². The molecule has 0 heterocycles. The van der Waals surface area contributed by atoms with Crippen molar-refractivity contribution in [1.82, 2.24) is 0 Å². The maximum absolute atomic E-state index is 12.6. The highest BCUT2D eigenvalue weighted by molar-refractivity contribution is 6.45. The summed E-state index contributed by atoms with van der Waals surface area (Å²) in [5, 5.41) is 3.04. The van der Waals surface area contributed by atoms with Crippen LogP contribution >= 0.6 is 23.2 Å². The number of nitrogens with one attached hydrogen (secondary N) is 1. The van der Waals surface area contributed by atoms with Gasteiger partial charge in [-0.05, 0) is 31.4 Å². The molecule has 0 bridgehead atoms. The number of carbonyl (C=O) groups is 2. The van der Waals surface area contributed by atoms with E-state index >= 15 is 0 Å². The van der Waals surface area contributed by atoms with Gasteiger partial charge in [-0.15, -0.1) is 0 Å². The second-order valence-electron chi connectivity index (χ2n) is 6.52. The number of hydrogen-bond donors (Lipinski definition) is 1. The molecule has 2 rings (SSSR count). The molecule has 0 unspecified atom stereocenters. The summed E-state index contributed by atoms with van der Waals surface area (Å²) in [6, 6.07) is 3.06. The molecule has 1 aliphatic carbocycles. The van der Waals surface area contributed by atoms with Gasteiger partial charge < -0.3 is 14.8 Å². The van der Waals surface area contributed by atoms with E-state index in [9.17, 15) is 9.59 Å². The van der Waals surface area contributed by atoms with Gasteiger partial charge >= 0.3 is 6.16 Å². The Balaban J connectivity index is 2.08. The van der Waals surface area contributed by atoms with Crippen molar-refractivity contribution >= 4 is 41.0 Å². The Morgan fingerprint density at radius 1 is 1.16 bits per heavy atom. The third-order valence-electron chi connectivity index (χ3n) is 4.42. The van der Waals surface area contributed by atoms with Crippen molar-refractivity contribution < 1.29 is 19.1 Å². The summed E-state index contributed by atoms with van der Waals surface area (Å²) in [5.41, 5.74) is 0.00504. The van der Waals surface area contributed by atoms with Crippen LogP contribution in [0.15, 0.2) is 12.1 Å². The number of rotatable bonds is 5. The lowest BCUT2D eigenvalue weighted by atomic mass is 9.75. The third kappa shape index (κ3) is 5.02. The van der Waals surface area contributed by atoms with Gasteiger partial charge in [0.05, 0.1) is 17.3 Å². The average Bonchev–Trinajstić information content (AvgIpc) is 2.60. The van der Waals surface area contributed by atoms with Crippen LogP contribution in [0.3, 0.4) is 0 Å². The van der Waals surface area contributed by atoms with E-state index in [1.54, 1.807) is 6.07 Å². The van der Waals surface area contributed by atoms with E-state index in [-0.39, 0.29) is 28.3 Å². The van der Waals surface area contributed by atoms with Crippen LogP contribution in [0.4, 0.5) is 10.5 Å². The van der Waals surface area contributed by atoms with Crippen LogP contribution in [0.1, 0.15) is 52.4 Å². The summed E-state index contributed by atoms with van der Waals surface area (Å²) in [4.78, 5) is 24.1. The number of amides is 1. The summed E-state index contributed by atoms with van der Waals surface area (Å²) in [6.07, 6.45) is 4.81. The molecule has 0 aromatic heterocycles. The lowest BCUT2D eigenvalue weighted by molar-refractivity contribution is -0.126. The van der Waals surface area contributed by atoms with Crippen LogP contribution in [0.2, 0.25) is 10.0 Å². The van der Waals surface area contributed by atoms with Gasteiger partial charge in [-0.2, -0.15) is 0 Å². The molecule has 1 aliphatic rings. The molecule has 0 aliphatic heterocycles. The molecule has 1 saturated carbocycles. The van der Waals surface area contributed by atoms with Crippen LogP contribution in [-0.4, -0.2) is 18.7 Å². The first-order valence-electron chi connectivity index (χ1n) is 8.51. The van der Waals surface area contributed by atoms with Crippen molar-refractivity contribution in [3.8, 4) is 5.75 Å². The Bertz CT molecular complexity index is 642. The smallest absolute Gasteiger partial charge is 0.434 e. The Kier molecular flexibility index (Phi) is 6.96. The molecule has 5 nitrogen and oxygen atoms in total. The van der Waals surface area contributed by atoms with E-state index in [1.165, 1.54) is 6.07 Å². The van der Waals surface area contributed by atoms with Gasteiger partial charge in [0.2, 0.25) is 5.91 Å². The standard InChI is InChI=1S/C18H23Cl2NO4/c1-3-11-24-17(23)25-13-8-7-12(14(19)15(13)20)21-16(22)18(2)9-5-4-6-10-18/h7-8H,3-6,9-11H2,1-2H3,(H,21,22). The fourth-order valence-electron chi connectivity index (χ4n) is 2.84. The number of benzene rings is 1. The molecule has 1 aromatic carbocycles. The molecule has 1 fully saturated rings. The quantitative estimate of drug-likeness (QED) is 0.509. The molecular weight excluding hydrogens is 365 g/mol. The normalized spacial score (nSPS) is 16.2. The molecule has 7 heteroatoms. The Labute approximate surface area is 158 Å². The van der Waals surface area contributed by atoms with Gasteiger partial charge in [-0.3, -0.25) is 4.79 Å². The Morgan fingerprint density at radius 2 is 1.84 bits per heavy atom. The molecule has 0 atom stereocenters. The van der Waals surface area contributed by atoms with Crippen LogP contribution < -0.4 is 10.1 Å². The van der Waals surface area contributed by atoms with Gasteiger partial charge in [0.15, 0.2) is 5.75 Å². The number of anilines is 1. The van der Waals surface area contributed by atoms with Gasteiger partial charge in [-0.25, -0.2) is 4.79 Å². The minimum absolute atomic E-state index is 0.0571. The first kappa shape index (κ1) is 19.9. The van der Waals surface area contributed by atoms with E-state index in [0.717, 1.165) is 32.1 Å². The number of hydrogen-bond acceptors (Lipinski definition) is 4. The minimum Gasteiger partial charge on any atom is -0.434 e. The second kappa shape index (κ2) is 8.77. The van der Waals surface area contributed by atoms with E-state index in [0.29, 0.717) is 12.1 Å². The number of carbonyl (C=O) groups excluding carboxylic acids is 2. The maximum Gasteiger partial charge on any atom is 0.513 e. The fourth-order valence-corrected chi connectivity index (χ4v) is 3.25. The van der Waals surface area contributed by atoms with Crippen LogP contribution in [0.25, 0.3) is 0 Å². The van der Waals surface area contributed by atoms with E-state index in [1.807, 2.05) is 13.8 Å². The van der Waals surface area contributed by atoms with Crippen LogP contribution in [0.5, 0.6) is 5.75 Å². The topological polar surface area (TPSA) is 64.6 Å². The lowest BCUT2D eigenvalue weighted by Crippen LogP contribution is -2.35. The predicted octanol–water partition coefficient (Wildman–Crippen LogP) is 5.83. The number of halogens is 2. The highest BCUT2D eigenvalue weighted by Crippen LogP contribution is 2.40. The SMILES string of the molecule is CCCOC(=O)Oc1ccc(NC(=O)C2(C)CCCCC2)c(Cl)c1Cl. The molecule has 138 valence electrons. The molecule has 1 aromatic rings. The summed E-state index contributed by atoms with van der Waals surface area (Å²) in [5.74, 6) is 0.0239. The molecule has 25 heavy (non-hydrogen) atoms. The number of ether oxygens (including phenoxy) is 2. The van der Waals surface area contributed by atoms with E-state index < -0.39 is 11.6 Å². The molecule has 1 amide bonds. The summed E-state index contributed by atoms with van der Waals surface area (Å²) in [7, 11) is 0. The second-order valence-corrected chi connectivity index (χ2v) is 7.27. The van der Waals surface area contributed by atoms with Gasteiger partial charge in [0.25, 0.3) is 0 Å². The van der Waals surface area contributed by atoms with Gasteiger partial charge in [0.1, 0.15) is 5.02 Å². The molecule has 0 spiro atoms. The zero-order valence-corrected chi connectivity index (χ0v) is 16.0. The van der Waals surface area contributed by atoms with E-state index in [2.05, 4.69) is 5.32 Å². The first-order valence-corrected chi connectivity index (χ1v) is 9.27. The zero-order chi connectivity index (χ0) is 18.4. The maximum atomic E-state index is 12.6. The minimum atomic E-state index is -0.841. The molecule has 1 N–H and O–H groups in total. The van der Waals surface area contributed by atoms with Crippen molar-refractivity contribution in [2.24, 2.45) is 5.41 Å². The highest BCUT2D eigenvalue weighted by atomic mass is 35.5. The Morgan fingerprint density at radius 3 is 2.48 bits per heavy atom. The molecular formula is C18H23Cl2NO4. The van der Waals surface area contributed by atoms with Crippen molar-refractivity contribution in [1.29, 1.82) is 0 Å². The van der Waals surface area contributed by atoms with Crippen LogP contribution in [-0.2, 0) is 9.53 Å². The predicted molar refractivity (Wildman–Crippen MR) is 98.6 cm³/mol. The zero-order valence-electron chi connectivity index (χ0n) is 14.5. The molecule has 0 radical (unpaired) electrons.